The molecule has 4 nitrogen and oxygen atoms in total. The van der Waals surface area contributed by atoms with Crippen molar-refractivity contribution < 1.29 is 13.2 Å². The van der Waals surface area contributed by atoms with Gasteiger partial charge in [0.15, 0.2) is 5.78 Å². The van der Waals surface area contributed by atoms with Crippen molar-refractivity contribution >= 4 is 21.9 Å². The second-order valence-electron chi connectivity index (χ2n) is 6.63. The lowest BCUT2D eigenvalue weighted by atomic mass is 10.0. The van der Waals surface area contributed by atoms with E-state index in [1.165, 1.54) is 28.1 Å². The van der Waals surface area contributed by atoms with Gasteiger partial charge in [-0.2, -0.15) is 4.31 Å². The Kier molecular flexibility index (Phi) is 7.11. The van der Waals surface area contributed by atoms with Crippen LogP contribution in [0.25, 0.3) is 6.08 Å². The molecule has 0 saturated heterocycles. The van der Waals surface area contributed by atoms with Gasteiger partial charge in [-0.3, -0.25) is 4.79 Å². The van der Waals surface area contributed by atoms with Gasteiger partial charge in [0.05, 0.1) is 4.90 Å². The first-order valence-corrected chi connectivity index (χ1v) is 10.7. The van der Waals surface area contributed by atoms with E-state index in [1.54, 1.807) is 32.1 Å². The topological polar surface area (TPSA) is 54.5 Å². The fraction of sp³-hybridized carbons (Fsp3) is 0.318. The number of sulfonamides is 1. The molecule has 0 heterocycles. The number of ketones is 1. The molecular formula is C22H27NO3S. The lowest BCUT2D eigenvalue weighted by molar-refractivity contribution is 0.104. The van der Waals surface area contributed by atoms with Crippen LogP contribution in [0.2, 0.25) is 0 Å². The number of hydrogen-bond acceptors (Lipinski definition) is 3. The molecule has 0 saturated carbocycles. The highest BCUT2D eigenvalue weighted by Gasteiger charge is 2.21. The molecule has 0 spiro atoms. The van der Waals surface area contributed by atoms with Crippen LogP contribution in [0.15, 0.2) is 59.5 Å². The van der Waals surface area contributed by atoms with E-state index < -0.39 is 10.0 Å². The van der Waals surface area contributed by atoms with Gasteiger partial charge < -0.3 is 0 Å². The van der Waals surface area contributed by atoms with Crippen LogP contribution in [0.5, 0.6) is 0 Å². The zero-order chi connectivity index (χ0) is 20.0. The van der Waals surface area contributed by atoms with E-state index >= 15 is 0 Å². The predicted molar refractivity (Wildman–Crippen MR) is 110 cm³/mol. The summed E-state index contributed by atoms with van der Waals surface area (Å²) in [6, 6.07) is 14.2. The van der Waals surface area contributed by atoms with E-state index in [0.717, 1.165) is 5.56 Å². The smallest absolute Gasteiger partial charge is 0.243 e. The Labute approximate surface area is 162 Å². The summed E-state index contributed by atoms with van der Waals surface area (Å²) in [5.41, 5.74) is 2.67. The van der Waals surface area contributed by atoms with Gasteiger partial charge >= 0.3 is 0 Å². The number of hydrogen-bond donors (Lipinski definition) is 0. The van der Waals surface area contributed by atoms with Gasteiger partial charge in [0.25, 0.3) is 0 Å². The summed E-state index contributed by atoms with van der Waals surface area (Å²) < 4.78 is 26.4. The Morgan fingerprint density at radius 3 is 2.00 bits per heavy atom. The largest absolute Gasteiger partial charge is 0.289 e. The molecule has 0 radical (unpaired) electrons. The van der Waals surface area contributed by atoms with E-state index in [1.807, 2.05) is 12.1 Å². The Morgan fingerprint density at radius 2 is 1.52 bits per heavy atom. The Morgan fingerprint density at radius 1 is 0.963 bits per heavy atom. The van der Waals surface area contributed by atoms with Gasteiger partial charge in [-0.05, 0) is 47.4 Å². The van der Waals surface area contributed by atoms with Crippen molar-refractivity contribution in [3.8, 4) is 0 Å². The molecule has 2 aromatic carbocycles. The fourth-order valence-corrected chi connectivity index (χ4v) is 4.22. The van der Waals surface area contributed by atoms with Crippen molar-refractivity contribution in [1.29, 1.82) is 0 Å². The van der Waals surface area contributed by atoms with Crippen LogP contribution in [-0.2, 0) is 10.0 Å². The third kappa shape index (κ3) is 5.15. The normalized spacial score (nSPS) is 12.2. The van der Waals surface area contributed by atoms with Gasteiger partial charge in [0, 0.05) is 18.7 Å². The van der Waals surface area contributed by atoms with Crippen LogP contribution in [0.1, 0.15) is 55.1 Å². The number of rotatable bonds is 8. The van der Waals surface area contributed by atoms with Crippen LogP contribution in [0.3, 0.4) is 0 Å². The highest BCUT2D eigenvalue weighted by Crippen LogP contribution is 2.18. The van der Waals surface area contributed by atoms with Crippen molar-refractivity contribution in [3.63, 3.8) is 0 Å². The molecule has 0 aromatic heterocycles. The zero-order valence-electron chi connectivity index (χ0n) is 16.3. The second kappa shape index (κ2) is 9.11. The molecule has 0 bridgehead atoms. The quantitative estimate of drug-likeness (QED) is 0.487. The molecule has 0 N–H and O–H groups in total. The summed E-state index contributed by atoms with van der Waals surface area (Å²) >= 11 is 0. The first-order chi connectivity index (χ1) is 12.8. The number of carbonyl (C=O) groups is 1. The minimum atomic E-state index is -3.51. The number of nitrogens with zero attached hydrogens (tertiary/aromatic N) is 1. The van der Waals surface area contributed by atoms with Crippen molar-refractivity contribution in [2.75, 3.05) is 13.1 Å². The average Bonchev–Trinajstić information content (AvgIpc) is 2.67. The maximum Gasteiger partial charge on any atom is 0.243 e. The minimum absolute atomic E-state index is 0.158. The second-order valence-corrected chi connectivity index (χ2v) is 8.57. The summed E-state index contributed by atoms with van der Waals surface area (Å²) in [4.78, 5) is 12.6. The Bertz CT molecular complexity index is 892. The lowest BCUT2D eigenvalue weighted by Crippen LogP contribution is -2.30. The summed E-state index contributed by atoms with van der Waals surface area (Å²) in [6.45, 7) is 8.71. The van der Waals surface area contributed by atoms with Gasteiger partial charge in [-0.15, -0.1) is 0 Å². The molecule has 27 heavy (non-hydrogen) atoms. The summed E-state index contributed by atoms with van der Waals surface area (Å²) in [6.07, 6.45) is 3.28. The monoisotopic (exact) mass is 385 g/mol. The van der Waals surface area contributed by atoms with E-state index in [4.69, 9.17) is 0 Å². The first kappa shape index (κ1) is 21.1. The molecule has 0 unspecified atom stereocenters. The van der Waals surface area contributed by atoms with Crippen LogP contribution >= 0.6 is 0 Å². The van der Waals surface area contributed by atoms with Crippen molar-refractivity contribution in [2.45, 2.75) is 38.5 Å². The summed E-state index contributed by atoms with van der Waals surface area (Å²) in [7, 11) is -3.51. The number of allylic oxidation sites excluding steroid dienone is 1. The summed E-state index contributed by atoms with van der Waals surface area (Å²) in [5.74, 6) is 0.311. The highest BCUT2D eigenvalue weighted by atomic mass is 32.2. The third-order valence-electron chi connectivity index (χ3n) is 4.51. The molecule has 0 aliphatic carbocycles. The molecular weight excluding hydrogens is 358 g/mol. The maximum absolute atomic E-state index is 12.5. The van der Waals surface area contributed by atoms with Crippen LogP contribution in [0.4, 0.5) is 0 Å². The van der Waals surface area contributed by atoms with Crippen LogP contribution in [0, 0.1) is 0 Å². The maximum atomic E-state index is 12.5. The van der Waals surface area contributed by atoms with Crippen molar-refractivity contribution in [1.82, 2.24) is 4.31 Å². The standard InChI is InChI=1S/C22H27NO3S/c1-5-23(6-2)27(25,26)21-14-12-20(13-15-21)22(24)16-9-18-7-10-19(11-8-18)17(3)4/h7-17H,5-6H2,1-4H3. The van der Waals surface area contributed by atoms with E-state index in [0.29, 0.717) is 24.6 Å². The SMILES string of the molecule is CCN(CC)S(=O)(=O)c1ccc(C(=O)C=Cc2ccc(C(C)C)cc2)cc1. The van der Waals surface area contributed by atoms with E-state index in [9.17, 15) is 13.2 Å². The number of carbonyl (C=O) groups excluding carboxylic acids is 1. The third-order valence-corrected chi connectivity index (χ3v) is 6.58. The van der Waals surface area contributed by atoms with Crippen molar-refractivity contribution in [3.05, 3.63) is 71.3 Å². The Balaban J connectivity index is 2.13. The number of benzene rings is 2. The molecule has 0 aliphatic heterocycles. The lowest BCUT2D eigenvalue weighted by Gasteiger charge is -2.18. The van der Waals surface area contributed by atoms with Gasteiger partial charge in [-0.25, -0.2) is 8.42 Å². The molecule has 0 atom stereocenters. The molecule has 0 amide bonds. The first-order valence-electron chi connectivity index (χ1n) is 9.22. The fourth-order valence-electron chi connectivity index (χ4n) is 2.76. The molecule has 2 aromatic rings. The molecule has 0 fully saturated rings. The van der Waals surface area contributed by atoms with Gasteiger partial charge in [0.2, 0.25) is 10.0 Å². The molecule has 5 heteroatoms. The van der Waals surface area contributed by atoms with E-state index in [2.05, 4.69) is 26.0 Å². The Hall–Kier alpha value is -2.24. The average molecular weight is 386 g/mol. The van der Waals surface area contributed by atoms with Gasteiger partial charge in [0.1, 0.15) is 0 Å². The molecule has 144 valence electrons. The molecule has 2 rings (SSSR count). The highest BCUT2D eigenvalue weighted by molar-refractivity contribution is 7.89. The minimum Gasteiger partial charge on any atom is -0.289 e. The predicted octanol–water partition coefficient (Wildman–Crippen LogP) is 4.74. The van der Waals surface area contributed by atoms with Crippen LogP contribution in [-0.4, -0.2) is 31.6 Å². The summed E-state index contributed by atoms with van der Waals surface area (Å²) in [5, 5.41) is 0. The zero-order valence-corrected chi connectivity index (χ0v) is 17.2. The molecule has 0 aliphatic rings. The van der Waals surface area contributed by atoms with E-state index in [-0.39, 0.29) is 10.7 Å². The van der Waals surface area contributed by atoms with Crippen LogP contribution < -0.4 is 0 Å². The van der Waals surface area contributed by atoms with Gasteiger partial charge in [-0.1, -0.05) is 58.0 Å². The van der Waals surface area contributed by atoms with Crippen molar-refractivity contribution in [2.24, 2.45) is 0 Å².